The Labute approximate surface area is 179 Å². The Balaban J connectivity index is 1.68. The minimum Gasteiger partial charge on any atom is -0.548 e. The van der Waals surface area contributed by atoms with E-state index < -0.39 is 23.5 Å². The van der Waals surface area contributed by atoms with E-state index in [0.29, 0.717) is 29.6 Å². The van der Waals surface area contributed by atoms with Gasteiger partial charge in [-0.05, 0) is 44.2 Å². The van der Waals surface area contributed by atoms with Crippen LogP contribution in [-0.4, -0.2) is 17.9 Å². The van der Waals surface area contributed by atoms with Gasteiger partial charge in [-0.15, -0.1) is 0 Å². The Kier molecular flexibility index (Phi) is 5.85. The summed E-state index contributed by atoms with van der Waals surface area (Å²) < 4.78 is 11.5. The van der Waals surface area contributed by atoms with E-state index in [2.05, 4.69) is 5.32 Å². The minimum absolute atomic E-state index is 0.231. The lowest BCUT2D eigenvalue weighted by atomic mass is 9.94. The van der Waals surface area contributed by atoms with Gasteiger partial charge in [0.2, 0.25) is 5.91 Å². The highest BCUT2D eigenvalue weighted by atomic mass is 16.4. The lowest BCUT2D eigenvalue weighted by molar-refractivity contribution is -0.308. The first kappa shape index (κ1) is 21.2. The molecule has 7 nitrogen and oxygen atoms in total. The predicted octanol–water partition coefficient (Wildman–Crippen LogP) is 2.69. The van der Waals surface area contributed by atoms with E-state index in [1.54, 1.807) is 13.0 Å². The average molecular weight is 424 g/mol. The maximum atomic E-state index is 12.6. The van der Waals surface area contributed by atoms with Gasteiger partial charge >= 0.3 is 5.63 Å². The molecule has 2 aromatic heterocycles. The molecular weight excluding hydrogens is 398 g/mol. The molecule has 0 bridgehead atoms. The van der Waals surface area contributed by atoms with Crippen LogP contribution < -0.4 is 16.0 Å². The van der Waals surface area contributed by atoms with Crippen LogP contribution in [-0.2, 0) is 28.9 Å². The maximum Gasteiger partial charge on any atom is 0.340 e. The van der Waals surface area contributed by atoms with Crippen molar-refractivity contribution in [2.75, 3.05) is 0 Å². The summed E-state index contributed by atoms with van der Waals surface area (Å²) in [5.74, 6) is -0.866. The van der Waals surface area contributed by atoms with Gasteiger partial charge in [-0.3, -0.25) is 4.79 Å². The summed E-state index contributed by atoms with van der Waals surface area (Å²) in [5.41, 5.74) is 2.62. The van der Waals surface area contributed by atoms with Crippen molar-refractivity contribution in [1.82, 2.24) is 5.32 Å². The predicted molar refractivity (Wildman–Crippen MR) is 114 cm³/mol. The van der Waals surface area contributed by atoms with Gasteiger partial charge in [-0.2, -0.15) is 0 Å². The van der Waals surface area contributed by atoms with Crippen LogP contribution in [0.25, 0.3) is 21.9 Å². The second kappa shape index (κ2) is 8.57. The van der Waals surface area contributed by atoms with Crippen LogP contribution in [0.4, 0.5) is 0 Å². The van der Waals surface area contributed by atoms with E-state index in [-0.39, 0.29) is 12.0 Å². The van der Waals surface area contributed by atoms with Crippen LogP contribution in [0.5, 0.6) is 0 Å². The van der Waals surface area contributed by atoms with Gasteiger partial charge in [0.1, 0.15) is 16.9 Å². The number of carbonyl (C=O) groups is 2. The topological polar surface area (TPSA) is 113 Å². The maximum absolute atomic E-state index is 12.6. The van der Waals surface area contributed by atoms with Crippen molar-refractivity contribution >= 4 is 33.8 Å². The zero-order valence-corrected chi connectivity index (χ0v) is 17.8. The zero-order chi connectivity index (χ0) is 22.1. The van der Waals surface area contributed by atoms with Crippen LogP contribution in [0, 0.1) is 6.92 Å². The summed E-state index contributed by atoms with van der Waals surface area (Å²) in [7, 11) is 0. The lowest BCUT2D eigenvalue weighted by Gasteiger charge is -2.19. The third-order valence-electron chi connectivity index (χ3n) is 6.17. The number of hydrogen-bond acceptors (Lipinski definition) is 6. The van der Waals surface area contributed by atoms with Crippen LogP contribution >= 0.6 is 0 Å². The molecule has 4 rings (SSSR count). The summed E-state index contributed by atoms with van der Waals surface area (Å²) in [5, 5.41) is 15.6. The number of benzene rings is 1. The molecule has 0 aliphatic heterocycles. The molecule has 0 saturated heterocycles. The first-order valence-electron chi connectivity index (χ1n) is 10.9. The number of carboxylic acid groups (broad SMARTS) is 1. The fraction of sp³-hybridized carbons (Fsp3) is 0.458. The molecule has 0 unspecified atom stereocenters. The third kappa shape index (κ3) is 4.09. The molecule has 1 N–H and O–H groups in total. The number of rotatable bonds is 7. The molecule has 0 spiro atoms. The van der Waals surface area contributed by atoms with Crippen molar-refractivity contribution in [2.45, 2.75) is 71.3 Å². The Morgan fingerprint density at radius 2 is 1.87 bits per heavy atom. The monoisotopic (exact) mass is 424 g/mol. The quantitative estimate of drug-likeness (QED) is 0.584. The number of hydrogen-bond donors (Lipinski definition) is 1. The van der Waals surface area contributed by atoms with Crippen LogP contribution in [0.2, 0.25) is 0 Å². The Morgan fingerprint density at radius 1 is 1.13 bits per heavy atom. The smallest absolute Gasteiger partial charge is 0.340 e. The summed E-state index contributed by atoms with van der Waals surface area (Å²) in [6.07, 6.45) is 5.59. The summed E-state index contributed by atoms with van der Waals surface area (Å²) in [6.45, 7) is 3.72. The second-order valence-electron chi connectivity index (χ2n) is 8.31. The largest absolute Gasteiger partial charge is 0.548 e. The number of unbranched alkanes of at least 4 members (excludes halogenated alkanes) is 1. The van der Waals surface area contributed by atoms with Crippen LogP contribution in [0.1, 0.15) is 61.5 Å². The first-order chi connectivity index (χ1) is 14.9. The molecule has 164 valence electrons. The van der Waals surface area contributed by atoms with Crippen molar-refractivity contribution < 1.29 is 23.5 Å². The molecule has 1 aliphatic carbocycles. The Morgan fingerprint density at radius 3 is 2.61 bits per heavy atom. The van der Waals surface area contributed by atoms with Gasteiger partial charge in [0, 0.05) is 28.8 Å². The summed E-state index contributed by atoms with van der Waals surface area (Å²) >= 11 is 0. The number of fused-ring (bicyclic) bond motifs is 4. The highest BCUT2D eigenvalue weighted by Crippen LogP contribution is 2.35. The number of amides is 1. The molecule has 7 heteroatoms. The molecule has 0 radical (unpaired) electrons. The molecule has 1 atom stereocenters. The SMILES string of the molecule is CCCC[C@H](NC(=O)Cc1c(C)c2cc3c4c(oc3cc2oc1=O)CCCC4)C(=O)[O-]. The highest BCUT2D eigenvalue weighted by molar-refractivity contribution is 5.97. The van der Waals surface area contributed by atoms with Gasteiger partial charge in [0.25, 0.3) is 0 Å². The highest BCUT2D eigenvalue weighted by Gasteiger charge is 2.22. The number of nitrogens with one attached hydrogen (secondary N) is 1. The van der Waals surface area contributed by atoms with Crippen molar-refractivity contribution in [3.8, 4) is 0 Å². The van der Waals surface area contributed by atoms with Crippen molar-refractivity contribution in [2.24, 2.45) is 0 Å². The fourth-order valence-corrected chi connectivity index (χ4v) is 4.41. The number of carbonyl (C=O) groups excluding carboxylic acids is 2. The minimum atomic E-state index is -1.32. The normalized spacial score (nSPS) is 14.5. The lowest BCUT2D eigenvalue weighted by Crippen LogP contribution is -2.48. The molecule has 0 saturated carbocycles. The average Bonchev–Trinajstić information content (AvgIpc) is 3.10. The van der Waals surface area contributed by atoms with Crippen molar-refractivity contribution in [3.63, 3.8) is 0 Å². The van der Waals surface area contributed by atoms with E-state index in [1.807, 2.05) is 13.0 Å². The Bertz CT molecular complexity index is 1220. The van der Waals surface area contributed by atoms with E-state index >= 15 is 0 Å². The fourth-order valence-electron chi connectivity index (χ4n) is 4.41. The molecule has 2 heterocycles. The van der Waals surface area contributed by atoms with Crippen LogP contribution in [0.3, 0.4) is 0 Å². The van der Waals surface area contributed by atoms with Gasteiger partial charge < -0.3 is 24.1 Å². The number of furan rings is 1. The summed E-state index contributed by atoms with van der Waals surface area (Å²) in [4.78, 5) is 36.4. The molecule has 1 aliphatic rings. The number of carboxylic acids is 1. The van der Waals surface area contributed by atoms with Crippen molar-refractivity contribution in [1.29, 1.82) is 0 Å². The van der Waals surface area contributed by atoms with E-state index in [4.69, 9.17) is 8.83 Å². The van der Waals surface area contributed by atoms with Gasteiger partial charge in [-0.25, -0.2) is 4.79 Å². The van der Waals surface area contributed by atoms with E-state index in [9.17, 15) is 19.5 Å². The molecule has 31 heavy (non-hydrogen) atoms. The molecule has 0 fully saturated rings. The number of aliphatic carboxylic acids is 1. The Hall–Kier alpha value is -3.09. The molecule has 1 aromatic carbocycles. The van der Waals surface area contributed by atoms with Crippen molar-refractivity contribution in [3.05, 3.63) is 45.0 Å². The number of aryl methyl sites for hydroxylation is 3. The van der Waals surface area contributed by atoms with E-state index in [0.717, 1.165) is 48.6 Å². The molecular formula is C24H26NO6-. The van der Waals surface area contributed by atoms with Gasteiger partial charge in [-0.1, -0.05) is 19.8 Å². The standard InChI is InChI=1S/C24H27NO6/c1-3-4-8-18(23(27)28)25-22(26)11-16-13(2)15-10-17-14-7-5-6-9-19(14)30-21(17)12-20(15)31-24(16)29/h10,12,18H,3-9,11H2,1-2H3,(H,25,26)(H,27,28)/p-1/t18-/m0/s1. The van der Waals surface area contributed by atoms with E-state index in [1.165, 1.54) is 5.56 Å². The zero-order valence-electron chi connectivity index (χ0n) is 17.8. The summed E-state index contributed by atoms with van der Waals surface area (Å²) in [6, 6.07) is 2.65. The van der Waals surface area contributed by atoms with Gasteiger partial charge in [0.05, 0.1) is 24.0 Å². The third-order valence-corrected chi connectivity index (χ3v) is 6.17. The molecule has 1 amide bonds. The second-order valence-corrected chi connectivity index (χ2v) is 8.31. The first-order valence-corrected chi connectivity index (χ1v) is 10.9. The van der Waals surface area contributed by atoms with Gasteiger partial charge in [0.15, 0.2) is 0 Å². The molecule has 3 aromatic rings. The van der Waals surface area contributed by atoms with Crippen LogP contribution in [0.15, 0.2) is 25.8 Å².